The van der Waals surface area contributed by atoms with Crippen LogP contribution in [-0.4, -0.2) is 36.8 Å². The van der Waals surface area contributed by atoms with Crippen LogP contribution in [0, 0.1) is 6.92 Å². The molecule has 1 saturated carbocycles. The predicted octanol–water partition coefficient (Wildman–Crippen LogP) is 3.90. The third-order valence-electron chi connectivity index (χ3n) is 5.46. The number of anilines is 1. The van der Waals surface area contributed by atoms with E-state index in [1.807, 2.05) is 22.8 Å². The topological polar surface area (TPSA) is 78.2 Å². The van der Waals surface area contributed by atoms with Crippen LogP contribution < -0.4 is 5.32 Å². The molecule has 3 N–H and O–H groups in total. The van der Waals surface area contributed by atoms with Crippen molar-refractivity contribution in [2.45, 2.75) is 44.8 Å². The molecule has 0 aliphatic heterocycles. The van der Waals surface area contributed by atoms with Gasteiger partial charge in [-0.15, -0.1) is 5.10 Å². The van der Waals surface area contributed by atoms with Gasteiger partial charge in [0.1, 0.15) is 11.5 Å². The van der Waals surface area contributed by atoms with E-state index in [2.05, 4.69) is 46.5 Å². The lowest BCUT2D eigenvalue weighted by molar-refractivity contribution is 0.126. The molecule has 6 heteroatoms. The number of aliphatic hydroxyl groups is 1. The molecule has 0 radical (unpaired) electrons. The monoisotopic (exact) mass is 361 g/mol. The zero-order valence-electron chi connectivity index (χ0n) is 15.3. The molecule has 1 aromatic carbocycles. The number of aromatic amines is 1. The van der Waals surface area contributed by atoms with E-state index in [9.17, 15) is 5.11 Å². The average molecular weight is 361 g/mol. The van der Waals surface area contributed by atoms with E-state index in [1.54, 1.807) is 0 Å². The molecule has 0 bridgehead atoms. The summed E-state index contributed by atoms with van der Waals surface area (Å²) in [7, 11) is 0. The summed E-state index contributed by atoms with van der Waals surface area (Å²) in [4.78, 5) is 7.97. The van der Waals surface area contributed by atoms with Gasteiger partial charge in [-0.25, -0.2) is 9.50 Å². The van der Waals surface area contributed by atoms with Gasteiger partial charge in [-0.1, -0.05) is 11.6 Å². The molecule has 1 fully saturated rings. The van der Waals surface area contributed by atoms with E-state index in [4.69, 9.17) is 5.10 Å². The lowest BCUT2D eigenvalue weighted by atomic mass is 9.93. The van der Waals surface area contributed by atoms with Crippen LogP contribution in [0.2, 0.25) is 0 Å². The predicted molar refractivity (Wildman–Crippen MR) is 107 cm³/mol. The van der Waals surface area contributed by atoms with E-state index in [-0.39, 0.29) is 6.10 Å². The largest absolute Gasteiger partial charge is 0.393 e. The molecule has 3 aromatic heterocycles. The van der Waals surface area contributed by atoms with Crippen LogP contribution in [0.4, 0.5) is 5.82 Å². The number of aliphatic hydroxyl groups excluding tert-OH is 1. The fraction of sp³-hybridized carbons (Fsp3) is 0.333. The summed E-state index contributed by atoms with van der Waals surface area (Å²) in [6, 6.07) is 12.9. The Kier molecular flexibility index (Phi) is 3.86. The second kappa shape index (κ2) is 6.39. The fourth-order valence-corrected chi connectivity index (χ4v) is 3.95. The highest BCUT2D eigenvalue weighted by Gasteiger charge is 2.20. The summed E-state index contributed by atoms with van der Waals surface area (Å²) in [5.74, 6) is 0.843. The average Bonchev–Trinajstić information content (AvgIpc) is 3.26. The Bertz CT molecular complexity index is 1100. The van der Waals surface area contributed by atoms with Crippen molar-refractivity contribution in [2.75, 3.05) is 5.32 Å². The van der Waals surface area contributed by atoms with Crippen LogP contribution in [0.1, 0.15) is 31.2 Å². The zero-order valence-corrected chi connectivity index (χ0v) is 15.3. The van der Waals surface area contributed by atoms with E-state index in [1.165, 1.54) is 10.9 Å². The number of imidazole rings is 1. The maximum atomic E-state index is 9.69. The first-order valence-corrected chi connectivity index (χ1v) is 9.55. The molecule has 0 saturated heterocycles. The number of hydrogen-bond donors (Lipinski definition) is 3. The van der Waals surface area contributed by atoms with E-state index in [0.717, 1.165) is 54.1 Å². The van der Waals surface area contributed by atoms with Crippen LogP contribution in [0.5, 0.6) is 0 Å². The fourth-order valence-electron chi connectivity index (χ4n) is 3.95. The summed E-state index contributed by atoms with van der Waals surface area (Å²) >= 11 is 0. The smallest absolute Gasteiger partial charge is 0.154 e. The Morgan fingerprint density at radius 3 is 2.81 bits per heavy atom. The van der Waals surface area contributed by atoms with Crippen molar-refractivity contribution in [3.05, 3.63) is 48.2 Å². The maximum absolute atomic E-state index is 9.69. The molecule has 1 aliphatic carbocycles. The van der Waals surface area contributed by atoms with Crippen molar-refractivity contribution in [2.24, 2.45) is 0 Å². The molecule has 3 heterocycles. The lowest BCUT2D eigenvalue weighted by Crippen LogP contribution is -2.28. The van der Waals surface area contributed by atoms with Gasteiger partial charge in [-0.05, 0) is 62.9 Å². The van der Waals surface area contributed by atoms with Gasteiger partial charge in [0.2, 0.25) is 0 Å². The summed E-state index contributed by atoms with van der Waals surface area (Å²) in [6.45, 7) is 2.10. The van der Waals surface area contributed by atoms with Gasteiger partial charge in [0.25, 0.3) is 0 Å². The van der Waals surface area contributed by atoms with Crippen molar-refractivity contribution in [3.63, 3.8) is 0 Å². The molecule has 27 heavy (non-hydrogen) atoms. The number of H-pyrrole nitrogens is 1. The quantitative estimate of drug-likeness (QED) is 0.517. The van der Waals surface area contributed by atoms with E-state index >= 15 is 0 Å². The Morgan fingerprint density at radius 2 is 1.96 bits per heavy atom. The summed E-state index contributed by atoms with van der Waals surface area (Å²) < 4.78 is 1.89. The minimum absolute atomic E-state index is 0.149. The molecule has 138 valence electrons. The minimum atomic E-state index is -0.149. The third-order valence-corrected chi connectivity index (χ3v) is 5.46. The van der Waals surface area contributed by atoms with Gasteiger partial charge < -0.3 is 15.4 Å². The number of rotatable bonds is 3. The number of nitrogens with zero attached hydrogens (tertiary/aromatic N) is 3. The highest BCUT2D eigenvalue weighted by molar-refractivity contribution is 5.86. The van der Waals surface area contributed by atoms with Crippen molar-refractivity contribution >= 4 is 22.4 Å². The molecule has 0 spiro atoms. The molecule has 5 rings (SSSR count). The molecule has 0 amide bonds. The van der Waals surface area contributed by atoms with Crippen molar-refractivity contribution in [1.82, 2.24) is 19.6 Å². The lowest BCUT2D eigenvalue weighted by Gasteiger charge is -2.26. The normalized spacial score (nSPS) is 20.4. The third kappa shape index (κ3) is 3.06. The van der Waals surface area contributed by atoms with Crippen molar-refractivity contribution < 1.29 is 5.11 Å². The summed E-state index contributed by atoms with van der Waals surface area (Å²) in [6.07, 6.45) is 5.36. The van der Waals surface area contributed by atoms with Crippen LogP contribution in [0.15, 0.2) is 42.6 Å². The highest BCUT2D eigenvalue weighted by atomic mass is 16.3. The van der Waals surface area contributed by atoms with Crippen molar-refractivity contribution in [1.29, 1.82) is 0 Å². The first-order chi connectivity index (χ1) is 13.2. The molecular weight excluding hydrogens is 338 g/mol. The van der Waals surface area contributed by atoms with Crippen LogP contribution >= 0.6 is 0 Å². The first-order valence-electron chi connectivity index (χ1n) is 9.55. The Balaban J connectivity index is 1.49. The summed E-state index contributed by atoms with van der Waals surface area (Å²) in [5.41, 5.74) is 5.13. The zero-order chi connectivity index (χ0) is 18.4. The molecule has 0 atom stereocenters. The van der Waals surface area contributed by atoms with Crippen LogP contribution in [0.3, 0.4) is 0 Å². The van der Waals surface area contributed by atoms with Gasteiger partial charge in [-0.2, -0.15) is 0 Å². The van der Waals surface area contributed by atoms with Gasteiger partial charge in [0.05, 0.1) is 18.0 Å². The minimum Gasteiger partial charge on any atom is -0.393 e. The molecular formula is C21H23N5O. The molecule has 4 aromatic rings. The second-order valence-electron chi connectivity index (χ2n) is 7.56. The maximum Gasteiger partial charge on any atom is 0.154 e. The van der Waals surface area contributed by atoms with Crippen LogP contribution in [0.25, 0.3) is 27.9 Å². The van der Waals surface area contributed by atoms with Crippen molar-refractivity contribution in [3.8, 4) is 11.4 Å². The Hall–Kier alpha value is -2.86. The molecule has 1 aliphatic rings. The Labute approximate surface area is 157 Å². The molecule has 6 nitrogen and oxygen atoms in total. The highest BCUT2D eigenvalue weighted by Crippen LogP contribution is 2.26. The van der Waals surface area contributed by atoms with Gasteiger partial charge in [0.15, 0.2) is 5.65 Å². The van der Waals surface area contributed by atoms with Gasteiger partial charge in [0, 0.05) is 16.9 Å². The summed E-state index contributed by atoms with van der Waals surface area (Å²) in [5, 5.41) is 19.2. The second-order valence-corrected chi connectivity index (χ2v) is 7.56. The molecule has 0 unspecified atom stereocenters. The first kappa shape index (κ1) is 16.3. The number of aromatic nitrogens is 4. The number of fused-ring (bicyclic) bond motifs is 2. The van der Waals surface area contributed by atoms with E-state index < -0.39 is 0 Å². The number of benzene rings is 1. The van der Waals surface area contributed by atoms with Gasteiger partial charge in [-0.3, -0.25) is 0 Å². The van der Waals surface area contributed by atoms with E-state index in [0.29, 0.717) is 6.04 Å². The van der Waals surface area contributed by atoms with Crippen LogP contribution in [-0.2, 0) is 0 Å². The Morgan fingerprint density at radius 1 is 1.11 bits per heavy atom. The number of hydrogen-bond acceptors (Lipinski definition) is 4. The standard InChI is InChI=1S/C21H23N5O/c1-13-2-7-17-14(10-13)11-18(24-17)19-12-22-21-9-8-20(25-26(19)21)23-15-3-5-16(27)6-4-15/h2,7-12,15-16,24,27H,3-6H2,1H3,(H,23,25). The number of aryl methyl sites for hydroxylation is 1. The SMILES string of the molecule is Cc1ccc2[nH]c(-c3cnc4ccc(NC5CCC(O)CC5)nn34)cc2c1. The van der Waals surface area contributed by atoms with Gasteiger partial charge >= 0.3 is 0 Å². The number of nitrogens with one attached hydrogen (secondary N) is 2.